The molecule has 1 heterocycles. The molecule has 29 heavy (non-hydrogen) atoms. The Balaban J connectivity index is 1.32. The van der Waals surface area contributed by atoms with Crippen molar-refractivity contribution in [2.45, 2.75) is 6.42 Å². The van der Waals surface area contributed by atoms with E-state index in [4.69, 9.17) is 4.74 Å². The van der Waals surface area contributed by atoms with Gasteiger partial charge in [-0.05, 0) is 60.5 Å². The molecule has 3 aromatic carbocycles. The van der Waals surface area contributed by atoms with Crippen LogP contribution in [0.4, 0.5) is 11.4 Å². The largest absolute Gasteiger partial charge is 0.497 e. The third-order valence-electron chi connectivity index (χ3n) is 4.87. The first-order valence-corrected chi connectivity index (χ1v) is 9.57. The lowest BCUT2D eigenvalue weighted by Crippen LogP contribution is -2.12. The zero-order chi connectivity index (χ0) is 20.1. The first-order chi connectivity index (χ1) is 14.2. The lowest BCUT2D eigenvalue weighted by molar-refractivity contribution is 0.102. The standard InChI is InChI=1S/C24H23N3O2/c1-29-21-6-4-5-17(15-21)24(28)27-20-11-9-19(10-12-20)25-14-13-18-16-26-23-8-3-2-7-22(18)23/h2-12,15-16,25-26H,13-14H2,1H3,(H,27,28). The fourth-order valence-electron chi connectivity index (χ4n) is 3.32. The van der Waals surface area contributed by atoms with Crippen molar-refractivity contribution in [2.24, 2.45) is 0 Å². The fourth-order valence-corrected chi connectivity index (χ4v) is 3.32. The number of para-hydroxylation sites is 1. The molecule has 0 aliphatic rings. The molecule has 0 aliphatic heterocycles. The molecule has 1 aromatic heterocycles. The number of fused-ring (bicyclic) bond motifs is 1. The number of hydrogen-bond acceptors (Lipinski definition) is 3. The average Bonchev–Trinajstić information content (AvgIpc) is 3.18. The zero-order valence-electron chi connectivity index (χ0n) is 16.2. The summed E-state index contributed by atoms with van der Waals surface area (Å²) < 4.78 is 5.17. The molecule has 0 bridgehead atoms. The van der Waals surface area contributed by atoms with Gasteiger partial charge < -0.3 is 20.4 Å². The molecule has 0 saturated carbocycles. The third-order valence-corrected chi connectivity index (χ3v) is 4.87. The molecule has 0 radical (unpaired) electrons. The number of benzene rings is 3. The van der Waals surface area contributed by atoms with Crippen LogP contribution in [0.3, 0.4) is 0 Å². The van der Waals surface area contributed by atoms with Crippen molar-refractivity contribution in [3.8, 4) is 5.75 Å². The van der Waals surface area contributed by atoms with E-state index in [2.05, 4.69) is 40.0 Å². The molecule has 5 nitrogen and oxygen atoms in total. The van der Waals surface area contributed by atoms with Crippen LogP contribution in [0.15, 0.2) is 79.0 Å². The van der Waals surface area contributed by atoms with Gasteiger partial charge in [0.2, 0.25) is 0 Å². The number of carbonyl (C=O) groups is 1. The second-order valence-electron chi connectivity index (χ2n) is 6.80. The molecule has 0 atom stereocenters. The van der Waals surface area contributed by atoms with Crippen LogP contribution < -0.4 is 15.4 Å². The molecule has 3 N–H and O–H groups in total. The molecule has 0 unspecified atom stereocenters. The van der Waals surface area contributed by atoms with E-state index in [0.717, 1.165) is 24.3 Å². The Hall–Kier alpha value is -3.73. The van der Waals surface area contributed by atoms with Crippen molar-refractivity contribution in [1.82, 2.24) is 4.98 Å². The normalized spacial score (nSPS) is 10.7. The van der Waals surface area contributed by atoms with E-state index in [9.17, 15) is 4.79 Å². The molecular formula is C24H23N3O2. The van der Waals surface area contributed by atoms with Crippen LogP contribution in [-0.4, -0.2) is 24.5 Å². The number of aromatic nitrogens is 1. The molecule has 4 rings (SSSR count). The summed E-state index contributed by atoms with van der Waals surface area (Å²) in [6, 6.07) is 23.1. The topological polar surface area (TPSA) is 66.2 Å². The average molecular weight is 385 g/mol. The van der Waals surface area contributed by atoms with Gasteiger partial charge in [0, 0.05) is 40.6 Å². The number of rotatable bonds is 7. The van der Waals surface area contributed by atoms with E-state index in [1.54, 1.807) is 25.3 Å². The molecule has 0 spiro atoms. The Labute approximate surface area is 169 Å². The first-order valence-electron chi connectivity index (χ1n) is 9.57. The van der Waals surface area contributed by atoms with Gasteiger partial charge >= 0.3 is 0 Å². The molecule has 146 valence electrons. The molecular weight excluding hydrogens is 362 g/mol. The summed E-state index contributed by atoms with van der Waals surface area (Å²) in [5.41, 5.74) is 4.79. The van der Waals surface area contributed by atoms with Gasteiger partial charge in [0.05, 0.1) is 7.11 Å². The van der Waals surface area contributed by atoms with Crippen LogP contribution in [0, 0.1) is 0 Å². The van der Waals surface area contributed by atoms with Crippen molar-refractivity contribution >= 4 is 28.2 Å². The Morgan fingerprint density at radius 3 is 2.59 bits per heavy atom. The third kappa shape index (κ3) is 4.41. The van der Waals surface area contributed by atoms with Crippen molar-refractivity contribution < 1.29 is 9.53 Å². The van der Waals surface area contributed by atoms with Gasteiger partial charge in [-0.3, -0.25) is 4.79 Å². The Morgan fingerprint density at radius 2 is 1.76 bits per heavy atom. The second kappa shape index (κ2) is 8.52. The quantitative estimate of drug-likeness (QED) is 0.415. The first kappa shape index (κ1) is 18.6. The monoisotopic (exact) mass is 385 g/mol. The van der Waals surface area contributed by atoms with E-state index >= 15 is 0 Å². The number of aromatic amines is 1. The minimum atomic E-state index is -0.163. The van der Waals surface area contributed by atoms with Crippen molar-refractivity contribution in [1.29, 1.82) is 0 Å². The van der Waals surface area contributed by atoms with Gasteiger partial charge in [0.1, 0.15) is 5.75 Å². The molecule has 0 saturated heterocycles. The number of hydrogen-bond donors (Lipinski definition) is 3. The maximum absolute atomic E-state index is 12.4. The minimum Gasteiger partial charge on any atom is -0.497 e. The number of nitrogens with one attached hydrogen (secondary N) is 3. The van der Waals surface area contributed by atoms with Gasteiger partial charge in [-0.1, -0.05) is 24.3 Å². The Kier molecular flexibility index (Phi) is 5.47. The van der Waals surface area contributed by atoms with E-state index in [1.807, 2.05) is 36.4 Å². The van der Waals surface area contributed by atoms with Crippen LogP contribution in [0.25, 0.3) is 10.9 Å². The molecule has 1 amide bonds. The van der Waals surface area contributed by atoms with Crippen LogP contribution >= 0.6 is 0 Å². The lowest BCUT2D eigenvalue weighted by atomic mass is 10.1. The highest BCUT2D eigenvalue weighted by atomic mass is 16.5. The summed E-state index contributed by atoms with van der Waals surface area (Å²) in [5.74, 6) is 0.497. The maximum Gasteiger partial charge on any atom is 0.255 e. The summed E-state index contributed by atoms with van der Waals surface area (Å²) in [5, 5.41) is 7.61. The van der Waals surface area contributed by atoms with E-state index in [-0.39, 0.29) is 5.91 Å². The Bertz CT molecular complexity index is 1120. The number of anilines is 2. The number of methoxy groups -OCH3 is 1. The number of H-pyrrole nitrogens is 1. The summed E-state index contributed by atoms with van der Waals surface area (Å²) in [7, 11) is 1.58. The number of carbonyl (C=O) groups excluding carboxylic acids is 1. The summed E-state index contributed by atoms with van der Waals surface area (Å²) in [6.07, 6.45) is 3.00. The number of amides is 1. The van der Waals surface area contributed by atoms with Crippen LogP contribution in [-0.2, 0) is 6.42 Å². The smallest absolute Gasteiger partial charge is 0.255 e. The maximum atomic E-state index is 12.4. The molecule has 5 heteroatoms. The van der Waals surface area contributed by atoms with Crippen molar-refractivity contribution in [3.05, 3.63) is 90.1 Å². The lowest BCUT2D eigenvalue weighted by Gasteiger charge is -2.09. The van der Waals surface area contributed by atoms with Crippen molar-refractivity contribution in [3.63, 3.8) is 0 Å². The van der Waals surface area contributed by atoms with Crippen molar-refractivity contribution in [2.75, 3.05) is 24.3 Å². The van der Waals surface area contributed by atoms with E-state index in [1.165, 1.54) is 16.5 Å². The minimum absolute atomic E-state index is 0.163. The zero-order valence-corrected chi connectivity index (χ0v) is 16.2. The molecule has 0 aliphatic carbocycles. The Morgan fingerprint density at radius 1 is 0.966 bits per heavy atom. The summed E-state index contributed by atoms with van der Waals surface area (Å²) in [6.45, 7) is 0.831. The van der Waals surface area contributed by atoms with E-state index in [0.29, 0.717) is 11.3 Å². The van der Waals surface area contributed by atoms with Crippen LogP contribution in [0.2, 0.25) is 0 Å². The van der Waals surface area contributed by atoms with Gasteiger partial charge in [0.15, 0.2) is 0 Å². The highest BCUT2D eigenvalue weighted by Gasteiger charge is 2.07. The van der Waals surface area contributed by atoms with E-state index < -0.39 is 0 Å². The summed E-state index contributed by atoms with van der Waals surface area (Å²) in [4.78, 5) is 15.7. The molecule has 0 fully saturated rings. The van der Waals surface area contributed by atoms with Gasteiger partial charge in [-0.15, -0.1) is 0 Å². The highest BCUT2D eigenvalue weighted by Crippen LogP contribution is 2.19. The summed E-state index contributed by atoms with van der Waals surface area (Å²) >= 11 is 0. The van der Waals surface area contributed by atoms with Gasteiger partial charge in [-0.25, -0.2) is 0 Å². The molecule has 4 aromatic rings. The predicted molar refractivity (Wildman–Crippen MR) is 118 cm³/mol. The second-order valence-corrected chi connectivity index (χ2v) is 6.80. The van der Waals surface area contributed by atoms with Gasteiger partial charge in [0.25, 0.3) is 5.91 Å². The highest BCUT2D eigenvalue weighted by molar-refractivity contribution is 6.04. The van der Waals surface area contributed by atoms with Gasteiger partial charge in [-0.2, -0.15) is 0 Å². The SMILES string of the molecule is COc1cccc(C(=O)Nc2ccc(NCCc3c[nH]c4ccccc34)cc2)c1. The fraction of sp³-hybridized carbons (Fsp3) is 0.125. The van der Waals surface area contributed by atoms with Crippen LogP contribution in [0.1, 0.15) is 15.9 Å². The number of ether oxygens (including phenoxy) is 1. The van der Waals surface area contributed by atoms with Crippen LogP contribution in [0.5, 0.6) is 5.75 Å². The predicted octanol–water partition coefficient (Wildman–Crippen LogP) is 5.08.